The number of nitrogen functional groups attached to an aromatic ring is 1. The number of nitrogens with zero attached hydrogens (tertiary/aromatic N) is 2. The topological polar surface area (TPSA) is 90.1 Å². The van der Waals surface area contributed by atoms with Crippen molar-refractivity contribution in [2.24, 2.45) is 0 Å². The van der Waals surface area contributed by atoms with Crippen molar-refractivity contribution in [2.45, 2.75) is 26.4 Å². The molecule has 0 spiro atoms. The number of hydrogen-bond acceptors (Lipinski definition) is 5. The van der Waals surface area contributed by atoms with Gasteiger partial charge in [0.1, 0.15) is 11.9 Å². The quantitative estimate of drug-likeness (QED) is 0.680. The van der Waals surface area contributed by atoms with E-state index in [1.807, 2.05) is 49.4 Å². The van der Waals surface area contributed by atoms with Gasteiger partial charge in [0.05, 0.1) is 17.0 Å². The first-order valence-corrected chi connectivity index (χ1v) is 9.21. The maximum Gasteiger partial charge on any atom is 0.254 e. The summed E-state index contributed by atoms with van der Waals surface area (Å²) in [6.07, 6.45) is 0.208. The fourth-order valence-corrected chi connectivity index (χ4v) is 3.11. The molecule has 1 unspecified atom stereocenters. The van der Waals surface area contributed by atoms with E-state index in [0.717, 1.165) is 11.1 Å². The van der Waals surface area contributed by atoms with E-state index in [4.69, 9.17) is 10.5 Å². The molecule has 1 aromatic heterocycles. The van der Waals surface area contributed by atoms with E-state index in [2.05, 4.69) is 27.4 Å². The van der Waals surface area contributed by atoms with Crippen LogP contribution in [-0.2, 0) is 0 Å². The van der Waals surface area contributed by atoms with Crippen LogP contribution in [0.4, 0.5) is 5.95 Å². The number of nitrogens with two attached hydrogens (primary N) is 1. The predicted molar refractivity (Wildman–Crippen MR) is 110 cm³/mol. The Morgan fingerprint density at radius 1 is 1.07 bits per heavy atom. The van der Waals surface area contributed by atoms with Crippen molar-refractivity contribution in [2.75, 3.05) is 12.8 Å². The number of rotatable bonds is 6. The minimum absolute atomic E-state index is 0.127. The van der Waals surface area contributed by atoms with Gasteiger partial charge in [-0.25, -0.2) is 9.97 Å². The van der Waals surface area contributed by atoms with E-state index >= 15 is 0 Å². The van der Waals surface area contributed by atoms with Crippen LogP contribution >= 0.6 is 0 Å². The Morgan fingerprint density at radius 3 is 2.32 bits per heavy atom. The molecule has 0 fully saturated rings. The summed E-state index contributed by atoms with van der Waals surface area (Å²) >= 11 is 0. The number of carbonyl (C=O) groups is 1. The van der Waals surface area contributed by atoms with Crippen molar-refractivity contribution in [1.82, 2.24) is 15.3 Å². The van der Waals surface area contributed by atoms with Gasteiger partial charge in [-0.1, -0.05) is 49.4 Å². The molecule has 1 atom stereocenters. The minimum Gasteiger partial charge on any atom is -0.484 e. The summed E-state index contributed by atoms with van der Waals surface area (Å²) < 4.78 is 6.16. The van der Waals surface area contributed by atoms with E-state index < -0.39 is 6.10 Å². The molecule has 0 bridgehead atoms. The summed E-state index contributed by atoms with van der Waals surface area (Å²) in [7, 11) is 1.58. The van der Waals surface area contributed by atoms with Crippen LogP contribution in [0.15, 0.2) is 54.6 Å². The summed E-state index contributed by atoms with van der Waals surface area (Å²) in [6.45, 7) is 3.72. The highest BCUT2D eigenvalue weighted by Gasteiger charge is 2.24. The number of nitrogens with one attached hydrogen (secondary N) is 1. The molecule has 0 saturated carbocycles. The van der Waals surface area contributed by atoms with Gasteiger partial charge < -0.3 is 15.8 Å². The van der Waals surface area contributed by atoms with Gasteiger partial charge in [-0.05, 0) is 36.6 Å². The van der Waals surface area contributed by atoms with Gasteiger partial charge in [0, 0.05) is 7.05 Å². The number of hydrogen-bond donors (Lipinski definition) is 2. The molecule has 1 heterocycles. The van der Waals surface area contributed by atoms with Crippen molar-refractivity contribution in [3.63, 3.8) is 0 Å². The molecule has 1 amide bonds. The highest BCUT2D eigenvalue weighted by Crippen LogP contribution is 2.29. The standard InChI is InChI=1S/C22H24N4O2/c1-4-18(20-19(21(27)24-3)14(2)25-22(23)26-20)28-17-12-10-16(11-13-17)15-8-6-5-7-9-15/h5-13,18H,4H2,1-3H3,(H,24,27)(H2,23,25,26). The Balaban J connectivity index is 1.90. The molecule has 0 aliphatic heterocycles. The van der Waals surface area contributed by atoms with Crippen molar-refractivity contribution < 1.29 is 9.53 Å². The Kier molecular flexibility index (Phi) is 5.89. The highest BCUT2D eigenvalue weighted by molar-refractivity contribution is 5.96. The van der Waals surface area contributed by atoms with E-state index in [9.17, 15) is 4.79 Å². The van der Waals surface area contributed by atoms with Crippen LogP contribution in [0.3, 0.4) is 0 Å². The fraction of sp³-hybridized carbons (Fsp3) is 0.227. The third-order valence-electron chi connectivity index (χ3n) is 4.50. The van der Waals surface area contributed by atoms with Gasteiger partial charge in [0.25, 0.3) is 5.91 Å². The van der Waals surface area contributed by atoms with Crippen molar-refractivity contribution in [3.8, 4) is 16.9 Å². The van der Waals surface area contributed by atoms with E-state index in [-0.39, 0.29) is 11.9 Å². The normalized spacial score (nSPS) is 11.7. The van der Waals surface area contributed by atoms with Gasteiger partial charge in [0.15, 0.2) is 0 Å². The van der Waals surface area contributed by atoms with Gasteiger partial charge >= 0.3 is 0 Å². The van der Waals surface area contributed by atoms with E-state index in [1.54, 1.807) is 14.0 Å². The molecule has 0 radical (unpaired) electrons. The SMILES string of the molecule is CCC(Oc1ccc(-c2ccccc2)cc1)c1nc(N)nc(C)c1C(=O)NC. The number of amides is 1. The Hall–Kier alpha value is -3.41. The first-order valence-electron chi connectivity index (χ1n) is 9.21. The Bertz CT molecular complexity index is 956. The average Bonchev–Trinajstić information content (AvgIpc) is 2.72. The third kappa shape index (κ3) is 4.11. The first kappa shape index (κ1) is 19.4. The molecule has 0 aliphatic rings. The summed E-state index contributed by atoms with van der Waals surface area (Å²) in [6, 6.07) is 18.0. The lowest BCUT2D eigenvalue weighted by atomic mass is 10.0. The predicted octanol–water partition coefficient (Wildman–Crippen LogP) is 3.92. The molecule has 6 nitrogen and oxygen atoms in total. The molecular formula is C22H24N4O2. The maximum absolute atomic E-state index is 12.4. The lowest BCUT2D eigenvalue weighted by Gasteiger charge is -2.21. The molecule has 3 N–H and O–H groups in total. The first-order chi connectivity index (χ1) is 13.5. The number of benzene rings is 2. The van der Waals surface area contributed by atoms with Crippen LogP contribution in [0.25, 0.3) is 11.1 Å². The van der Waals surface area contributed by atoms with Crippen molar-refractivity contribution >= 4 is 11.9 Å². The summed E-state index contributed by atoms with van der Waals surface area (Å²) in [5.74, 6) is 0.569. The molecule has 144 valence electrons. The fourth-order valence-electron chi connectivity index (χ4n) is 3.11. The maximum atomic E-state index is 12.4. The zero-order chi connectivity index (χ0) is 20.1. The smallest absolute Gasteiger partial charge is 0.254 e. The molecule has 28 heavy (non-hydrogen) atoms. The molecule has 6 heteroatoms. The van der Waals surface area contributed by atoms with Crippen LogP contribution in [0, 0.1) is 6.92 Å². The zero-order valence-corrected chi connectivity index (χ0v) is 16.3. The van der Waals surface area contributed by atoms with Crippen LogP contribution in [0.1, 0.15) is 41.2 Å². The van der Waals surface area contributed by atoms with Crippen LogP contribution in [0.2, 0.25) is 0 Å². The van der Waals surface area contributed by atoms with E-state index in [1.165, 1.54) is 0 Å². The van der Waals surface area contributed by atoms with Gasteiger partial charge in [-0.2, -0.15) is 0 Å². The van der Waals surface area contributed by atoms with Crippen molar-refractivity contribution in [1.29, 1.82) is 0 Å². The summed E-state index contributed by atoms with van der Waals surface area (Å²) in [4.78, 5) is 20.8. The van der Waals surface area contributed by atoms with E-state index in [0.29, 0.717) is 29.1 Å². The summed E-state index contributed by atoms with van der Waals surface area (Å²) in [5.41, 5.74) is 9.51. The lowest BCUT2D eigenvalue weighted by Crippen LogP contribution is -2.25. The minimum atomic E-state index is -0.418. The van der Waals surface area contributed by atoms with Crippen molar-refractivity contribution in [3.05, 3.63) is 71.5 Å². The number of aryl methyl sites for hydroxylation is 1. The monoisotopic (exact) mass is 376 g/mol. The van der Waals surface area contributed by atoms with Crippen LogP contribution < -0.4 is 15.8 Å². The molecule has 3 rings (SSSR count). The molecular weight excluding hydrogens is 352 g/mol. The number of ether oxygens (including phenoxy) is 1. The Labute approximate surface area is 164 Å². The molecule has 0 aliphatic carbocycles. The van der Waals surface area contributed by atoms with Crippen LogP contribution in [-0.4, -0.2) is 22.9 Å². The molecule has 3 aromatic rings. The molecule has 2 aromatic carbocycles. The second-order valence-corrected chi connectivity index (χ2v) is 6.41. The highest BCUT2D eigenvalue weighted by atomic mass is 16.5. The van der Waals surface area contributed by atoms with Gasteiger partial charge in [0.2, 0.25) is 5.95 Å². The zero-order valence-electron chi connectivity index (χ0n) is 16.3. The largest absolute Gasteiger partial charge is 0.484 e. The van der Waals surface area contributed by atoms with Gasteiger partial charge in [-0.3, -0.25) is 4.79 Å². The summed E-state index contributed by atoms with van der Waals surface area (Å²) in [5, 5.41) is 2.64. The van der Waals surface area contributed by atoms with Crippen LogP contribution in [0.5, 0.6) is 5.75 Å². The number of carbonyl (C=O) groups excluding carboxylic acids is 1. The number of aromatic nitrogens is 2. The Morgan fingerprint density at radius 2 is 1.71 bits per heavy atom. The molecule has 0 saturated heterocycles. The lowest BCUT2D eigenvalue weighted by molar-refractivity contribution is 0.0955. The average molecular weight is 376 g/mol. The third-order valence-corrected chi connectivity index (χ3v) is 4.50. The number of anilines is 1. The van der Waals surface area contributed by atoms with Gasteiger partial charge in [-0.15, -0.1) is 0 Å². The second-order valence-electron chi connectivity index (χ2n) is 6.41. The second kappa shape index (κ2) is 8.52.